The summed E-state index contributed by atoms with van der Waals surface area (Å²) in [5, 5.41) is 5.99. The Labute approximate surface area is 199 Å². The summed E-state index contributed by atoms with van der Waals surface area (Å²) in [6, 6.07) is 9.05. The number of hydrogen-bond acceptors (Lipinski definition) is 5. The molecule has 0 unspecified atom stereocenters. The van der Waals surface area contributed by atoms with Crippen LogP contribution in [0.4, 0.5) is 16.2 Å². The van der Waals surface area contributed by atoms with Crippen molar-refractivity contribution >= 4 is 56.5 Å². The molecular formula is C23H26BrN3O4S. The molecule has 1 saturated carbocycles. The van der Waals surface area contributed by atoms with E-state index in [0.717, 1.165) is 40.7 Å². The molecule has 1 saturated heterocycles. The van der Waals surface area contributed by atoms with Gasteiger partial charge in [-0.3, -0.25) is 14.5 Å². The first-order valence-corrected chi connectivity index (χ1v) is 12.4. The van der Waals surface area contributed by atoms with Crippen LogP contribution in [0.5, 0.6) is 0 Å². The van der Waals surface area contributed by atoms with Gasteiger partial charge in [0.05, 0.1) is 21.0 Å². The Hall–Kier alpha value is -2.39. The van der Waals surface area contributed by atoms with Crippen LogP contribution >= 0.6 is 27.3 Å². The third kappa shape index (κ3) is 4.83. The number of nitrogens with zero attached hydrogens (tertiary/aromatic N) is 1. The van der Waals surface area contributed by atoms with Crippen LogP contribution in [0.25, 0.3) is 0 Å². The molecular weight excluding hydrogens is 494 g/mol. The predicted molar refractivity (Wildman–Crippen MR) is 128 cm³/mol. The van der Waals surface area contributed by atoms with Gasteiger partial charge in [-0.15, -0.1) is 11.3 Å². The number of cyclic esters (lactones) is 1. The Morgan fingerprint density at radius 3 is 2.59 bits per heavy atom. The third-order valence-electron chi connectivity index (χ3n) is 6.01. The monoisotopic (exact) mass is 519 g/mol. The molecule has 32 heavy (non-hydrogen) atoms. The number of carbonyl (C=O) groups excluding carboxylic acids is 3. The summed E-state index contributed by atoms with van der Waals surface area (Å²) in [6.07, 6.45) is 4.38. The number of amides is 3. The Morgan fingerprint density at radius 2 is 1.91 bits per heavy atom. The maximum Gasteiger partial charge on any atom is 0.414 e. The van der Waals surface area contributed by atoms with E-state index in [1.165, 1.54) is 11.3 Å². The van der Waals surface area contributed by atoms with Crippen molar-refractivity contribution < 1.29 is 19.1 Å². The van der Waals surface area contributed by atoms with E-state index in [9.17, 15) is 14.4 Å². The summed E-state index contributed by atoms with van der Waals surface area (Å²) < 4.78 is 6.12. The fourth-order valence-electron chi connectivity index (χ4n) is 4.31. The molecule has 0 atom stereocenters. The van der Waals surface area contributed by atoms with E-state index in [4.69, 9.17) is 4.74 Å². The molecule has 1 aromatic heterocycles. The highest BCUT2D eigenvalue weighted by molar-refractivity contribution is 9.11. The molecule has 9 heteroatoms. The van der Waals surface area contributed by atoms with Crippen LogP contribution in [-0.4, -0.2) is 36.6 Å². The summed E-state index contributed by atoms with van der Waals surface area (Å²) in [5.41, 5.74) is 1.37. The zero-order valence-electron chi connectivity index (χ0n) is 17.9. The van der Waals surface area contributed by atoms with Gasteiger partial charge in [0.25, 0.3) is 5.91 Å². The van der Waals surface area contributed by atoms with E-state index in [1.807, 2.05) is 25.1 Å². The fraction of sp³-hybridized carbons (Fsp3) is 0.435. The molecule has 2 N–H and O–H groups in total. The number of ether oxygens (including phenoxy) is 1. The van der Waals surface area contributed by atoms with E-state index >= 15 is 0 Å². The van der Waals surface area contributed by atoms with Crippen molar-refractivity contribution in [3.05, 3.63) is 44.6 Å². The van der Waals surface area contributed by atoms with Gasteiger partial charge in [0.2, 0.25) is 5.91 Å². The van der Waals surface area contributed by atoms with Crippen molar-refractivity contribution in [1.82, 2.24) is 5.32 Å². The number of halogens is 1. The number of anilines is 2. The highest BCUT2D eigenvalue weighted by atomic mass is 79.9. The maximum atomic E-state index is 13.3. The van der Waals surface area contributed by atoms with Crippen LogP contribution in [-0.2, 0) is 9.53 Å². The summed E-state index contributed by atoms with van der Waals surface area (Å²) in [5.74, 6) is -0.441. The van der Waals surface area contributed by atoms with Gasteiger partial charge >= 0.3 is 6.09 Å². The first kappa shape index (κ1) is 22.8. The average Bonchev–Trinajstić information content (AvgIpc) is 3.36. The molecule has 3 amide bonds. The van der Waals surface area contributed by atoms with Crippen LogP contribution in [0.1, 0.15) is 53.8 Å². The number of thiophene rings is 1. The molecule has 0 radical (unpaired) electrons. The highest BCUT2D eigenvalue weighted by Gasteiger charge is 2.43. The Balaban J connectivity index is 1.49. The lowest BCUT2D eigenvalue weighted by Crippen LogP contribution is -2.54. The topological polar surface area (TPSA) is 87.7 Å². The van der Waals surface area contributed by atoms with Crippen LogP contribution in [0, 0.1) is 6.92 Å². The molecule has 0 spiro atoms. The molecule has 2 heterocycles. The lowest BCUT2D eigenvalue weighted by molar-refractivity contribution is -0.122. The second kappa shape index (κ2) is 9.62. The second-order valence-electron chi connectivity index (χ2n) is 8.28. The van der Waals surface area contributed by atoms with Crippen LogP contribution < -0.4 is 15.5 Å². The summed E-state index contributed by atoms with van der Waals surface area (Å²) in [4.78, 5) is 40.5. The molecule has 2 fully saturated rings. The smallest absolute Gasteiger partial charge is 0.414 e. The number of nitrogens with one attached hydrogen (secondary N) is 2. The van der Waals surface area contributed by atoms with E-state index in [-0.39, 0.29) is 17.9 Å². The number of aryl methyl sites for hydroxylation is 1. The van der Waals surface area contributed by atoms with Crippen LogP contribution in [0.3, 0.4) is 0 Å². The fourth-order valence-corrected chi connectivity index (χ4v) is 5.59. The first-order valence-electron chi connectivity index (χ1n) is 10.8. The quantitative estimate of drug-likeness (QED) is 0.565. The molecule has 2 aromatic rings. The standard InChI is InChI=1S/C23H26BrN3O4S/c1-15-14-16(6-7-17(15)27-12-4-5-13-31-22(27)30)25-21(29)23(10-2-3-11-23)26-20(28)18-8-9-19(24)32-18/h6-9,14H,2-5,10-13H2,1H3,(H,25,29)(H,26,28). The van der Waals surface area contributed by atoms with Gasteiger partial charge in [0.1, 0.15) is 5.54 Å². The van der Waals surface area contributed by atoms with Gasteiger partial charge in [-0.2, -0.15) is 0 Å². The number of hydrogen-bond donors (Lipinski definition) is 2. The minimum absolute atomic E-state index is 0.208. The normalized spacial score (nSPS) is 18.1. The van der Waals surface area contributed by atoms with E-state index in [1.54, 1.807) is 17.0 Å². The maximum absolute atomic E-state index is 13.3. The van der Waals surface area contributed by atoms with Gasteiger partial charge < -0.3 is 15.4 Å². The minimum Gasteiger partial charge on any atom is -0.449 e. The van der Waals surface area contributed by atoms with E-state index in [0.29, 0.717) is 36.6 Å². The molecule has 1 aliphatic heterocycles. The lowest BCUT2D eigenvalue weighted by atomic mass is 9.95. The largest absolute Gasteiger partial charge is 0.449 e. The molecule has 170 valence electrons. The molecule has 4 rings (SSSR count). The molecule has 7 nitrogen and oxygen atoms in total. The SMILES string of the molecule is Cc1cc(NC(=O)C2(NC(=O)c3ccc(Br)s3)CCCC2)ccc1N1CCCCOC1=O. The van der Waals surface area contributed by atoms with Crippen molar-refractivity contribution in [2.24, 2.45) is 0 Å². The zero-order valence-corrected chi connectivity index (χ0v) is 20.3. The number of carbonyl (C=O) groups is 3. The van der Waals surface area contributed by atoms with Gasteiger partial charge in [0.15, 0.2) is 0 Å². The van der Waals surface area contributed by atoms with Crippen molar-refractivity contribution in [1.29, 1.82) is 0 Å². The first-order chi connectivity index (χ1) is 15.4. The van der Waals surface area contributed by atoms with Crippen molar-refractivity contribution in [3.8, 4) is 0 Å². The van der Waals surface area contributed by atoms with Gasteiger partial charge in [-0.25, -0.2) is 4.79 Å². The molecule has 1 aliphatic carbocycles. The number of rotatable bonds is 5. The summed E-state index contributed by atoms with van der Waals surface area (Å²) in [6.45, 7) is 2.96. The summed E-state index contributed by atoms with van der Waals surface area (Å²) in [7, 11) is 0. The molecule has 1 aromatic carbocycles. The Morgan fingerprint density at radius 1 is 1.12 bits per heavy atom. The van der Waals surface area contributed by atoms with Crippen LogP contribution in [0.15, 0.2) is 34.1 Å². The van der Waals surface area contributed by atoms with Gasteiger partial charge in [-0.1, -0.05) is 12.8 Å². The predicted octanol–water partition coefficient (Wildman–Crippen LogP) is 5.24. The van der Waals surface area contributed by atoms with Crippen LogP contribution in [0.2, 0.25) is 0 Å². The average molecular weight is 520 g/mol. The second-order valence-corrected chi connectivity index (χ2v) is 10.7. The summed E-state index contributed by atoms with van der Waals surface area (Å²) >= 11 is 4.72. The minimum atomic E-state index is -0.922. The Bertz CT molecular complexity index is 1030. The highest BCUT2D eigenvalue weighted by Crippen LogP contribution is 2.33. The Kier molecular flexibility index (Phi) is 6.85. The van der Waals surface area contributed by atoms with Gasteiger partial charge in [0, 0.05) is 12.2 Å². The van der Waals surface area contributed by atoms with Crippen molar-refractivity contribution in [2.75, 3.05) is 23.4 Å². The van der Waals surface area contributed by atoms with Crippen molar-refractivity contribution in [2.45, 2.75) is 51.0 Å². The molecule has 2 aliphatic rings. The van der Waals surface area contributed by atoms with Crippen molar-refractivity contribution in [3.63, 3.8) is 0 Å². The lowest BCUT2D eigenvalue weighted by Gasteiger charge is -2.29. The third-order valence-corrected chi connectivity index (χ3v) is 7.63. The zero-order chi connectivity index (χ0) is 22.7. The van der Waals surface area contributed by atoms with E-state index < -0.39 is 5.54 Å². The van der Waals surface area contributed by atoms with E-state index in [2.05, 4.69) is 26.6 Å². The van der Waals surface area contributed by atoms with Gasteiger partial charge in [-0.05, 0) is 84.4 Å². The number of benzene rings is 1. The molecule has 0 bridgehead atoms.